The van der Waals surface area contributed by atoms with Crippen LogP contribution < -0.4 is 15.5 Å². The lowest BCUT2D eigenvalue weighted by atomic mass is 10.2. The third kappa shape index (κ3) is 4.23. The molecule has 4 rings (SSSR count). The highest BCUT2D eigenvalue weighted by Gasteiger charge is 2.16. The number of nitrogens with one attached hydrogen (secondary N) is 2. The van der Waals surface area contributed by atoms with Crippen molar-refractivity contribution in [3.05, 3.63) is 48.3 Å². The van der Waals surface area contributed by atoms with E-state index in [1.807, 2.05) is 26.1 Å². The molecule has 0 radical (unpaired) electrons. The molecule has 0 saturated carbocycles. The maximum absolute atomic E-state index is 5.45. The minimum Gasteiger partial charge on any atom is -0.378 e. The Kier molecular flexibility index (Phi) is 5.73. The first-order chi connectivity index (χ1) is 14.2. The maximum atomic E-state index is 5.45. The molecule has 150 valence electrons. The number of hydrogen-bond acceptors (Lipinski definition) is 8. The predicted molar refractivity (Wildman–Crippen MR) is 120 cm³/mol. The number of hydrogen-bond donors (Lipinski definition) is 2. The molecule has 1 saturated heterocycles. The summed E-state index contributed by atoms with van der Waals surface area (Å²) in [4.78, 5) is 17.1. The van der Waals surface area contributed by atoms with Crippen molar-refractivity contribution in [2.24, 2.45) is 0 Å². The van der Waals surface area contributed by atoms with Crippen LogP contribution in [0.3, 0.4) is 0 Å². The zero-order chi connectivity index (χ0) is 20.2. The van der Waals surface area contributed by atoms with Crippen molar-refractivity contribution < 1.29 is 4.74 Å². The lowest BCUT2D eigenvalue weighted by Crippen LogP contribution is -2.36. The Bertz CT molecular complexity index is 1010. The van der Waals surface area contributed by atoms with Gasteiger partial charge in [0.2, 0.25) is 5.95 Å². The first-order valence-electron chi connectivity index (χ1n) is 9.52. The van der Waals surface area contributed by atoms with Gasteiger partial charge in [-0.25, -0.2) is 15.0 Å². The third-order valence-electron chi connectivity index (χ3n) is 4.74. The summed E-state index contributed by atoms with van der Waals surface area (Å²) in [5.41, 5.74) is 4.76. The number of rotatable bonds is 6. The van der Waals surface area contributed by atoms with E-state index >= 15 is 0 Å². The Morgan fingerprint density at radius 2 is 2.07 bits per heavy atom. The van der Waals surface area contributed by atoms with Gasteiger partial charge in [0.05, 0.1) is 29.5 Å². The van der Waals surface area contributed by atoms with Crippen LogP contribution >= 0.6 is 11.3 Å². The van der Waals surface area contributed by atoms with Gasteiger partial charge in [0.1, 0.15) is 0 Å². The quantitative estimate of drug-likeness (QED) is 0.634. The second-order valence-electron chi connectivity index (χ2n) is 6.66. The van der Waals surface area contributed by atoms with Crippen LogP contribution in [0.2, 0.25) is 0 Å². The summed E-state index contributed by atoms with van der Waals surface area (Å²) >= 11 is 1.57. The van der Waals surface area contributed by atoms with Gasteiger partial charge >= 0.3 is 0 Å². The molecule has 1 aliphatic rings. The number of aryl methyl sites for hydroxylation is 1. The van der Waals surface area contributed by atoms with Gasteiger partial charge < -0.3 is 20.3 Å². The second-order valence-corrected chi connectivity index (χ2v) is 7.66. The van der Waals surface area contributed by atoms with E-state index in [1.54, 1.807) is 23.6 Å². The molecular formula is C21H24N6OS. The molecule has 29 heavy (non-hydrogen) atoms. The highest BCUT2D eigenvalue weighted by Crippen LogP contribution is 2.34. The zero-order valence-corrected chi connectivity index (χ0v) is 17.4. The summed E-state index contributed by atoms with van der Waals surface area (Å²) < 4.78 is 5.45. The van der Waals surface area contributed by atoms with E-state index < -0.39 is 0 Å². The summed E-state index contributed by atoms with van der Waals surface area (Å²) in [7, 11) is 1.87. The summed E-state index contributed by atoms with van der Waals surface area (Å²) in [5, 5.41) is 7.30. The van der Waals surface area contributed by atoms with Crippen LogP contribution in [0.4, 0.5) is 22.5 Å². The van der Waals surface area contributed by atoms with Crippen LogP contribution in [0.1, 0.15) is 11.3 Å². The Morgan fingerprint density at radius 1 is 1.24 bits per heavy atom. The molecule has 1 aromatic carbocycles. The molecule has 1 aliphatic heterocycles. The second kappa shape index (κ2) is 8.59. The van der Waals surface area contributed by atoms with Gasteiger partial charge in [-0.1, -0.05) is 30.1 Å². The van der Waals surface area contributed by atoms with Crippen molar-refractivity contribution in [3.8, 4) is 10.6 Å². The van der Waals surface area contributed by atoms with Crippen LogP contribution in [0.25, 0.3) is 16.6 Å². The van der Waals surface area contributed by atoms with Crippen molar-refractivity contribution in [3.63, 3.8) is 0 Å². The van der Waals surface area contributed by atoms with Crippen LogP contribution in [-0.2, 0) is 4.74 Å². The highest BCUT2D eigenvalue weighted by molar-refractivity contribution is 7.19. The van der Waals surface area contributed by atoms with Crippen LogP contribution in [0.5, 0.6) is 0 Å². The van der Waals surface area contributed by atoms with Crippen molar-refractivity contribution in [1.29, 1.82) is 0 Å². The Labute approximate surface area is 174 Å². The fourth-order valence-electron chi connectivity index (χ4n) is 3.24. The Morgan fingerprint density at radius 3 is 2.79 bits per heavy atom. The number of morpholine rings is 1. The molecule has 0 aliphatic carbocycles. The predicted octanol–water partition coefficient (Wildman–Crippen LogP) is 4.17. The molecule has 2 N–H and O–H groups in total. The van der Waals surface area contributed by atoms with E-state index in [2.05, 4.69) is 44.2 Å². The van der Waals surface area contributed by atoms with Crippen LogP contribution in [0, 0.1) is 6.92 Å². The highest BCUT2D eigenvalue weighted by atomic mass is 32.1. The molecule has 8 heteroatoms. The molecule has 1 fully saturated rings. The lowest BCUT2D eigenvalue weighted by Gasteiger charge is -2.29. The minimum atomic E-state index is 0.545. The number of benzene rings is 1. The molecule has 0 amide bonds. The minimum absolute atomic E-state index is 0.545. The summed E-state index contributed by atoms with van der Waals surface area (Å²) in [5.74, 6) is 0.545. The fourth-order valence-corrected chi connectivity index (χ4v) is 4.17. The normalized spacial score (nSPS) is 13.9. The van der Waals surface area contributed by atoms with E-state index in [4.69, 9.17) is 9.72 Å². The zero-order valence-electron chi connectivity index (χ0n) is 16.6. The largest absolute Gasteiger partial charge is 0.378 e. The topological polar surface area (TPSA) is 75.2 Å². The number of ether oxygens (including phenoxy) is 1. The van der Waals surface area contributed by atoms with E-state index in [-0.39, 0.29) is 0 Å². The van der Waals surface area contributed by atoms with Crippen LogP contribution in [-0.4, -0.2) is 48.3 Å². The Balaban J connectivity index is 1.63. The molecule has 3 aromatic rings. The Hall–Kier alpha value is -2.97. The molecule has 0 atom stereocenters. The molecule has 0 unspecified atom stereocenters. The van der Waals surface area contributed by atoms with E-state index in [9.17, 15) is 0 Å². The number of nitrogens with zero attached hydrogens (tertiary/aromatic N) is 4. The van der Waals surface area contributed by atoms with E-state index in [0.717, 1.165) is 64.6 Å². The summed E-state index contributed by atoms with van der Waals surface area (Å²) in [6, 6.07) is 8.29. The van der Waals surface area contributed by atoms with Crippen molar-refractivity contribution in [2.75, 3.05) is 48.9 Å². The fraction of sp³-hybridized carbons (Fsp3) is 0.286. The molecule has 0 bridgehead atoms. The maximum Gasteiger partial charge on any atom is 0.227 e. The molecule has 7 nitrogen and oxygen atoms in total. The van der Waals surface area contributed by atoms with Gasteiger partial charge in [-0.05, 0) is 25.1 Å². The lowest BCUT2D eigenvalue weighted by molar-refractivity contribution is 0.122. The van der Waals surface area contributed by atoms with Gasteiger partial charge in [-0.2, -0.15) is 0 Å². The number of aromatic nitrogens is 3. The van der Waals surface area contributed by atoms with Gasteiger partial charge in [0, 0.05) is 43.3 Å². The summed E-state index contributed by atoms with van der Waals surface area (Å²) in [6.45, 7) is 9.21. The molecule has 0 spiro atoms. The summed E-state index contributed by atoms with van der Waals surface area (Å²) in [6.07, 6.45) is 3.57. The van der Waals surface area contributed by atoms with E-state index in [0.29, 0.717) is 5.95 Å². The van der Waals surface area contributed by atoms with Crippen LogP contribution in [0.15, 0.2) is 37.0 Å². The van der Waals surface area contributed by atoms with Crippen molar-refractivity contribution in [1.82, 2.24) is 15.0 Å². The standard InChI is InChI=1S/C21H24N6OS/c1-4-15-13-23-20(26-18(15)19-14(2)24-21(22-3)29-19)25-16-6-5-7-17(12-16)27-8-10-28-11-9-27/h4-7,12-13H,1,8-11H2,2-3H3,(H,22,24)(H,23,25,26). The van der Waals surface area contributed by atoms with E-state index in [1.165, 1.54) is 0 Å². The van der Waals surface area contributed by atoms with Gasteiger partial charge in [0.15, 0.2) is 5.13 Å². The van der Waals surface area contributed by atoms with Gasteiger partial charge in [-0.3, -0.25) is 0 Å². The molecule has 2 aromatic heterocycles. The average molecular weight is 409 g/mol. The smallest absolute Gasteiger partial charge is 0.227 e. The molecule has 3 heterocycles. The van der Waals surface area contributed by atoms with Gasteiger partial charge in [-0.15, -0.1) is 0 Å². The third-order valence-corrected chi connectivity index (χ3v) is 5.92. The van der Waals surface area contributed by atoms with Gasteiger partial charge in [0.25, 0.3) is 0 Å². The monoisotopic (exact) mass is 408 g/mol. The first kappa shape index (κ1) is 19.4. The first-order valence-corrected chi connectivity index (χ1v) is 10.3. The van der Waals surface area contributed by atoms with Crippen molar-refractivity contribution >= 4 is 39.9 Å². The molecular weight excluding hydrogens is 384 g/mol. The number of thiazole rings is 1. The van der Waals surface area contributed by atoms with Crippen molar-refractivity contribution in [2.45, 2.75) is 6.92 Å². The number of anilines is 4. The SMILES string of the molecule is C=Cc1cnc(Nc2cccc(N3CCOCC3)c2)nc1-c1sc(NC)nc1C. The average Bonchev–Trinajstić information content (AvgIpc) is 3.15.